The molecule has 0 aliphatic carbocycles. The van der Waals surface area contributed by atoms with Gasteiger partial charge in [0.25, 0.3) is 0 Å². The Kier molecular flexibility index (Phi) is 9.35. The van der Waals surface area contributed by atoms with E-state index in [1.165, 1.54) is 12.2 Å². The first kappa shape index (κ1) is 13.5. The fourth-order valence-corrected chi connectivity index (χ4v) is 2.13. The second-order valence-corrected chi connectivity index (χ2v) is 5.81. The highest BCUT2D eigenvalue weighted by molar-refractivity contribution is 7.98. The molecule has 0 aliphatic heterocycles. The van der Waals surface area contributed by atoms with Crippen molar-refractivity contribution in [2.45, 2.75) is 25.8 Å². The predicted octanol–water partition coefficient (Wildman–Crippen LogP) is 1.49. The van der Waals surface area contributed by atoms with E-state index in [4.69, 9.17) is 0 Å². The van der Waals surface area contributed by atoms with Gasteiger partial charge in [-0.2, -0.15) is 11.8 Å². The number of thioether (sulfide) groups is 1. The van der Waals surface area contributed by atoms with Gasteiger partial charge >= 0.3 is 0 Å². The summed E-state index contributed by atoms with van der Waals surface area (Å²) < 4.78 is 10.8. The molecule has 2 unspecified atom stereocenters. The molecule has 0 heterocycles. The highest BCUT2D eigenvalue weighted by Gasteiger charge is 2.01. The molecular weight excluding hydrogens is 202 g/mol. The standard InChI is InChI=1S/C9H21NOS2/c1-9(5-8-13(3)11)10-6-4-7-12-2/h9-10H,4-8H2,1-3H3. The molecule has 0 bridgehead atoms. The number of rotatable bonds is 8. The number of hydrogen-bond acceptors (Lipinski definition) is 3. The van der Waals surface area contributed by atoms with Crippen LogP contribution in [0.5, 0.6) is 0 Å². The zero-order valence-corrected chi connectivity index (χ0v) is 10.5. The van der Waals surface area contributed by atoms with Crippen LogP contribution >= 0.6 is 11.8 Å². The molecule has 4 heteroatoms. The minimum atomic E-state index is -0.639. The van der Waals surface area contributed by atoms with Crippen LogP contribution in [-0.4, -0.2) is 40.8 Å². The van der Waals surface area contributed by atoms with Crippen LogP contribution in [0.25, 0.3) is 0 Å². The first-order valence-electron chi connectivity index (χ1n) is 4.69. The van der Waals surface area contributed by atoms with Gasteiger partial charge in [0.15, 0.2) is 0 Å². The van der Waals surface area contributed by atoms with Crippen LogP contribution in [0.1, 0.15) is 19.8 Å². The fraction of sp³-hybridized carbons (Fsp3) is 1.00. The molecule has 0 rings (SSSR count). The number of nitrogens with one attached hydrogen (secondary N) is 1. The van der Waals surface area contributed by atoms with Crippen molar-refractivity contribution >= 4 is 22.6 Å². The fourth-order valence-electron chi connectivity index (χ4n) is 1.01. The SMILES string of the molecule is CSCCCNC(C)CCS(C)=O. The molecule has 0 radical (unpaired) electrons. The van der Waals surface area contributed by atoms with Crippen LogP contribution in [0.3, 0.4) is 0 Å². The van der Waals surface area contributed by atoms with Crippen molar-refractivity contribution in [3.8, 4) is 0 Å². The Morgan fingerprint density at radius 3 is 2.77 bits per heavy atom. The average Bonchev–Trinajstić information content (AvgIpc) is 2.09. The van der Waals surface area contributed by atoms with Crippen LogP contribution in [0, 0.1) is 0 Å². The van der Waals surface area contributed by atoms with Gasteiger partial charge < -0.3 is 5.32 Å². The average molecular weight is 223 g/mol. The quantitative estimate of drug-likeness (QED) is 0.632. The summed E-state index contributed by atoms with van der Waals surface area (Å²) in [6.07, 6.45) is 6.13. The maximum Gasteiger partial charge on any atom is 0.0246 e. The van der Waals surface area contributed by atoms with Gasteiger partial charge in [0.05, 0.1) is 0 Å². The summed E-state index contributed by atoms with van der Waals surface area (Å²) in [5.41, 5.74) is 0. The Morgan fingerprint density at radius 1 is 1.54 bits per heavy atom. The summed E-state index contributed by atoms with van der Waals surface area (Å²) in [7, 11) is -0.639. The molecule has 0 saturated carbocycles. The first-order chi connectivity index (χ1) is 6.16. The molecule has 0 aliphatic rings. The van der Waals surface area contributed by atoms with E-state index in [1.54, 1.807) is 6.26 Å². The molecule has 13 heavy (non-hydrogen) atoms. The van der Waals surface area contributed by atoms with Gasteiger partial charge in [0.1, 0.15) is 0 Å². The Bertz CT molecular complexity index is 142. The van der Waals surface area contributed by atoms with E-state index in [1.807, 2.05) is 11.8 Å². The summed E-state index contributed by atoms with van der Waals surface area (Å²) in [5.74, 6) is 2.04. The largest absolute Gasteiger partial charge is 0.314 e. The molecule has 0 aromatic rings. The zero-order valence-electron chi connectivity index (χ0n) is 8.84. The molecular formula is C9H21NOS2. The Labute approximate surface area is 88.7 Å². The van der Waals surface area contributed by atoms with E-state index < -0.39 is 10.8 Å². The smallest absolute Gasteiger partial charge is 0.0246 e. The first-order valence-corrected chi connectivity index (χ1v) is 7.81. The maximum atomic E-state index is 10.8. The zero-order chi connectivity index (χ0) is 10.1. The summed E-state index contributed by atoms with van der Waals surface area (Å²) in [5, 5.41) is 3.42. The predicted molar refractivity (Wildman–Crippen MR) is 64.0 cm³/mol. The lowest BCUT2D eigenvalue weighted by Gasteiger charge is -2.12. The number of hydrogen-bond donors (Lipinski definition) is 1. The van der Waals surface area contributed by atoms with E-state index in [2.05, 4.69) is 18.5 Å². The van der Waals surface area contributed by atoms with Crippen molar-refractivity contribution in [2.75, 3.05) is 30.6 Å². The van der Waals surface area contributed by atoms with Crippen molar-refractivity contribution in [3.05, 3.63) is 0 Å². The maximum absolute atomic E-state index is 10.8. The van der Waals surface area contributed by atoms with E-state index in [9.17, 15) is 4.21 Å². The second kappa shape index (κ2) is 9.03. The third kappa shape index (κ3) is 10.4. The molecule has 0 aromatic carbocycles. The topological polar surface area (TPSA) is 29.1 Å². The van der Waals surface area contributed by atoms with E-state index in [0.717, 1.165) is 18.7 Å². The minimum absolute atomic E-state index is 0.505. The minimum Gasteiger partial charge on any atom is -0.314 e. The summed E-state index contributed by atoms with van der Waals surface area (Å²) >= 11 is 1.88. The van der Waals surface area contributed by atoms with Crippen LogP contribution in [-0.2, 0) is 10.8 Å². The lowest BCUT2D eigenvalue weighted by Crippen LogP contribution is -2.28. The molecule has 0 amide bonds. The van der Waals surface area contributed by atoms with Crippen molar-refractivity contribution < 1.29 is 4.21 Å². The summed E-state index contributed by atoms with van der Waals surface area (Å²) in [6, 6.07) is 0.505. The van der Waals surface area contributed by atoms with Gasteiger partial charge in [-0.15, -0.1) is 0 Å². The van der Waals surface area contributed by atoms with Gasteiger partial charge in [-0.3, -0.25) is 4.21 Å². The lowest BCUT2D eigenvalue weighted by atomic mass is 10.2. The third-order valence-electron chi connectivity index (χ3n) is 1.86. The van der Waals surface area contributed by atoms with Crippen LogP contribution in [0.15, 0.2) is 0 Å². The molecule has 2 nitrogen and oxygen atoms in total. The molecule has 80 valence electrons. The molecule has 0 spiro atoms. The molecule has 2 atom stereocenters. The van der Waals surface area contributed by atoms with E-state index in [-0.39, 0.29) is 0 Å². The monoisotopic (exact) mass is 223 g/mol. The van der Waals surface area contributed by atoms with Crippen molar-refractivity contribution in [1.82, 2.24) is 5.32 Å². The second-order valence-electron chi connectivity index (χ2n) is 3.27. The van der Waals surface area contributed by atoms with Gasteiger partial charge in [-0.05, 0) is 38.3 Å². The van der Waals surface area contributed by atoms with Crippen LogP contribution in [0.2, 0.25) is 0 Å². The Balaban J connectivity index is 3.19. The summed E-state index contributed by atoms with van der Waals surface area (Å²) in [4.78, 5) is 0. The van der Waals surface area contributed by atoms with E-state index in [0.29, 0.717) is 6.04 Å². The highest BCUT2D eigenvalue weighted by atomic mass is 32.2. The Morgan fingerprint density at radius 2 is 2.23 bits per heavy atom. The van der Waals surface area contributed by atoms with Crippen molar-refractivity contribution in [3.63, 3.8) is 0 Å². The molecule has 0 fully saturated rings. The van der Waals surface area contributed by atoms with Gasteiger partial charge in [0.2, 0.25) is 0 Å². The van der Waals surface area contributed by atoms with Gasteiger partial charge in [-0.25, -0.2) is 0 Å². The highest BCUT2D eigenvalue weighted by Crippen LogP contribution is 1.96. The normalized spacial score (nSPS) is 15.6. The molecule has 1 N–H and O–H groups in total. The Hall–Kier alpha value is 0.460. The van der Waals surface area contributed by atoms with Crippen LogP contribution < -0.4 is 5.32 Å². The lowest BCUT2D eigenvalue weighted by molar-refractivity contribution is 0.535. The third-order valence-corrected chi connectivity index (χ3v) is 3.36. The molecule has 0 aromatic heterocycles. The van der Waals surface area contributed by atoms with Crippen molar-refractivity contribution in [1.29, 1.82) is 0 Å². The van der Waals surface area contributed by atoms with Crippen LogP contribution in [0.4, 0.5) is 0 Å². The van der Waals surface area contributed by atoms with Gasteiger partial charge in [-0.1, -0.05) is 0 Å². The van der Waals surface area contributed by atoms with Gasteiger partial charge in [0, 0.05) is 28.9 Å². The summed E-state index contributed by atoms with van der Waals surface area (Å²) in [6.45, 7) is 3.24. The van der Waals surface area contributed by atoms with Crippen molar-refractivity contribution in [2.24, 2.45) is 0 Å². The molecule has 0 saturated heterocycles. The van der Waals surface area contributed by atoms with E-state index >= 15 is 0 Å².